The second-order valence-electron chi connectivity index (χ2n) is 7.99. The van der Waals surface area contributed by atoms with Gasteiger partial charge in [-0.25, -0.2) is 23.1 Å². The number of fused-ring (bicyclic) bond motifs is 1. The van der Waals surface area contributed by atoms with Crippen LogP contribution in [0.2, 0.25) is 0 Å². The van der Waals surface area contributed by atoms with Crippen molar-refractivity contribution < 1.29 is 13.2 Å². The van der Waals surface area contributed by atoms with Gasteiger partial charge >= 0.3 is 0 Å². The zero-order valence-corrected chi connectivity index (χ0v) is 19.1. The first-order chi connectivity index (χ1) is 15.8. The van der Waals surface area contributed by atoms with Gasteiger partial charge in [-0.1, -0.05) is 0 Å². The number of aromatic nitrogens is 5. The van der Waals surface area contributed by atoms with Gasteiger partial charge in [0.1, 0.15) is 10.5 Å². The Morgan fingerprint density at radius 1 is 1.06 bits per heavy atom. The predicted molar refractivity (Wildman–Crippen MR) is 122 cm³/mol. The number of sulfonamides is 1. The summed E-state index contributed by atoms with van der Waals surface area (Å²) in [7, 11) is -3.70. The molecule has 1 aliphatic rings. The molecular weight excluding hydrogens is 442 g/mol. The second-order valence-corrected chi connectivity index (χ2v) is 9.90. The van der Waals surface area contributed by atoms with E-state index in [-0.39, 0.29) is 23.9 Å². The largest absolute Gasteiger partial charge is 0.345 e. The molecule has 0 saturated carbocycles. The minimum atomic E-state index is -3.70. The van der Waals surface area contributed by atoms with Gasteiger partial charge in [-0.05, 0) is 44.2 Å². The number of carbonyl (C=O) groups is 1. The van der Waals surface area contributed by atoms with E-state index in [1.807, 2.05) is 19.9 Å². The molecule has 0 spiro atoms. The summed E-state index contributed by atoms with van der Waals surface area (Å²) in [6, 6.07) is 8.89. The summed E-state index contributed by atoms with van der Waals surface area (Å²) in [5, 5.41) is 4.97. The third-order valence-electron chi connectivity index (χ3n) is 5.78. The van der Waals surface area contributed by atoms with Crippen molar-refractivity contribution in [1.82, 2.24) is 33.9 Å². The molecule has 4 aromatic heterocycles. The van der Waals surface area contributed by atoms with E-state index in [0.29, 0.717) is 35.5 Å². The van der Waals surface area contributed by atoms with E-state index in [4.69, 9.17) is 0 Å². The number of hydrogen-bond acceptors (Lipinski definition) is 6. The Kier molecular flexibility index (Phi) is 5.22. The second kappa shape index (κ2) is 8.09. The first-order valence-corrected chi connectivity index (χ1v) is 12.0. The Morgan fingerprint density at radius 3 is 2.52 bits per heavy atom. The van der Waals surface area contributed by atoms with Gasteiger partial charge in [-0.2, -0.15) is 9.40 Å². The third kappa shape index (κ3) is 3.79. The van der Waals surface area contributed by atoms with Crippen LogP contribution in [0.1, 0.15) is 21.7 Å². The lowest BCUT2D eigenvalue weighted by atomic mass is 10.2. The molecule has 1 N–H and O–H groups in total. The zero-order valence-electron chi connectivity index (χ0n) is 18.3. The third-order valence-corrected chi connectivity index (χ3v) is 7.72. The van der Waals surface area contributed by atoms with Gasteiger partial charge in [0, 0.05) is 55.8 Å². The number of amides is 1. The maximum absolute atomic E-state index is 13.2. The predicted octanol–water partition coefficient (Wildman–Crippen LogP) is 1.91. The fourth-order valence-electron chi connectivity index (χ4n) is 4.10. The molecule has 11 heteroatoms. The lowest BCUT2D eigenvalue weighted by molar-refractivity contribution is 0.0697. The summed E-state index contributed by atoms with van der Waals surface area (Å²) in [5.74, 6) is 0.469. The smallest absolute Gasteiger partial charge is 0.255 e. The van der Waals surface area contributed by atoms with Gasteiger partial charge in [0.25, 0.3) is 5.91 Å². The van der Waals surface area contributed by atoms with Crippen molar-refractivity contribution in [3.8, 4) is 5.82 Å². The van der Waals surface area contributed by atoms with E-state index in [1.54, 1.807) is 40.0 Å². The average Bonchev–Trinajstić information content (AvgIpc) is 3.42. The van der Waals surface area contributed by atoms with Gasteiger partial charge in [-0.15, -0.1) is 0 Å². The van der Waals surface area contributed by atoms with Crippen LogP contribution in [0, 0.1) is 13.8 Å². The van der Waals surface area contributed by atoms with Crippen LogP contribution in [0.25, 0.3) is 16.9 Å². The maximum atomic E-state index is 13.2. The maximum Gasteiger partial charge on any atom is 0.255 e. The average molecular weight is 466 g/mol. The van der Waals surface area contributed by atoms with E-state index >= 15 is 0 Å². The SMILES string of the molecule is Cc1cc(C)n(-c2ccc(C(=O)N3CCN(S(=O)(=O)c4c[nH]c5ncccc45)CC3)cn2)n1. The number of carbonyl (C=O) groups excluding carboxylic acids is 1. The number of nitrogens with zero attached hydrogens (tertiary/aromatic N) is 6. The fourth-order valence-corrected chi connectivity index (χ4v) is 5.67. The van der Waals surface area contributed by atoms with Gasteiger partial charge in [-0.3, -0.25) is 4.79 Å². The number of aromatic amines is 1. The van der Waals surface area contributed by atoms with Crippen LogP contribution in [0.15, 0.2) is 53.8 Å². The summed E-state index contributed by atoms with van der Waals surface area (Å²) >= 11 is 0. The first-order valence-electron chi connectivity index (χ1n) is 10.6. The van der Waals surface area contributed by atoms with Crippen molar-refractivity contribution in [1.29, 1.82) is 0 Å². The number of H-pyrrole nitrogens is 1. The van der Waals surface area contributed by atoms with Gasteiger partial charge < -0.3 is 9.88 Å². The molecule has 4 aromatic rings. The number of nitrogens with one attached hydrogen (secondary N) is 1. The normalized spacial score (nSPS) is 15.3. The highest BCUT2D eigenvalue weighted by Gasteiger charge is 2.32. The fraction of sp³-hybridized carbons (Fsp3) is 0.273. The molecule has 0 radical (unpaired) electrons. The number of piperazine rings is 1. The number of pyridine rings is 2. The molecule has 0 aromatic carbocycles. The Bertz CT molecular complexity index is 1430. The Hall–Kier alpha value is -3.57. The molecule has 0 bridgehead atoms. The van der Waals surface area contributed by atoms with Crippen molar-refractivity contribution in [2.24, 2.45) is 0 Å². The molecule has 1 saturated heterocycles. The lowest BCUT2D eigenvalue weighted by Gasteiger charge is -2.33. The molecule has 0 unspecified atom stereocenters. The summed E-state index contributed by atoms with van der Waals surface area (Å²) in [6.07, 6.45) is 4.62. The van der Waals surface area contributed by atoms with Crippen LogP contribution in [-0.2, 0) is 10.0 Å². The molecule has 5 rings (SSSR count). The quantitative estimate of drug-likeness (QED) is 0.492. The standard InChI is InChI=1S/C22H23N7O3S/c1-15-12-16(2)29(26-15)20-6-5-17(13-24-20)22(30)27-8-10-28(11-9-27)33(31,32)19-14-25-21-18(19)4-3-7-23-21/h3-7,12-14H,8-11H2,1-2H3,(H,23,25). The molecule has 0 atom stereocenters. The van der Waals surface area contributed by atoms with Crippen LogP contribution in [-0.4, -0.2) is 74.4 Å². The van der Waals surface area contributed by atoms with Crippen LogP contribution in [0.4, 0.5) is 0 Å². The summed E-state index contributed by atoms with van der Waals surface area (Å²) in [4.78, 5) is 26.3. The van der Waals surface area contributed by atoms with E-state index in [1.165, 1.54) is 16.7 Å². The summed E-state index contributed by atoms with van der Waals surface area (Å²) in [5.41, 5.74) is 2.84. The summed E-state index contributed by atoms with van der Waals surface area (Å²) in [6.45, 7) is 4.91. The number of rotatable bonds is 4. The molecule has 1 aliphatic heterocycles. The van der Waals surface area contributed by atoms with Crippen LogP contribution >= 0.6 is 0 Å². The Morgan fingerprint density at radius 2 is 1.85 bits per heavy atom. The molecule has 0 aliphatic carbocycles. The number of hydrogen-bond donors (Lipinski definition) is 1. The molecule has 5 heterocycles. The molecule has 1 amide bonds. The Balaban J connectivity index is 1.28. The van der Waals surface area contributed by atoms with E-state index in [9.17, 15) is 13.2 Å². The lowest BCUT2D eigenvalue weighted by Crippen LogP contribution is -2.50. The van der Waals surface area contributed by atoms with Crippen molar-refractivity contribution in [2.45, 2.75) is 18.7 Å². The van der Waals surface area contributed by atoms with Crippen molar-refractivity contribution in [3.05, 3.63) is 65.9 Å². The number of aryl methyl sites for hydroxylation is 2. The van der Waals surface area contributed by atoms with Gasteiger partial charge in [0.05, 0.1) is 11.3 Å². The van der Waals surface area contributed by atoms with E-state index in [0.717, 1.165) is 11.4 Å². The summed E-state index contributed by atoms with van der Waals surface area (Å²) < 4.78 is 29.5. The van der Waals surface area contributed by atoms with Crippen LogP contribution in [0.3, 0.4) is 0 Å². The Labute approximate surface area is 190 Å². The molecule has 170 valence electrons. The monoisotopic (exact) mass is 465 g/mol. The zero-order chi connectivity index (χ0) is 23.2. The molecule has 10 nitrogen and oxygen atoms in total. The highest BCUT2D eigenvalue weighted by Crippen LogP contribution is 2.25. The topological polar surface area (TPSA) is 117 Å². The van der Waals surface area contributed by atoms with E-state index in [2.05, 4.69) is 20.1 Å². The van der Waals surface area contributed by atoms with Gasteiger partial charge in [0.15, 0.2) is 5.82 Å². The van der Waals surface area contributed by atoms with Crippen LogP contribution in [0.5, 0.6) is 0 Å². The van der Waals surface area contributed by atoms with Crippen molar-refractivity contribution in [2.75, 3.05) is 26.2 Å². The molecule has 33 heavy (non-hydrogen) atoms. The first kappa shape index (κ1) is 21.3. The molecule has 1 fully saturated rings. The van der Waals surface area contributed by atoms with Crippen LogP contribution < -0.4 is 0 Å². The van der Waals surface area contributed by atoms with Crippen molar-refractivity contribution in [3.63, 3.8) is 0 Å². The highest BCUT2D eigenvalue weighted by molar-refractivity contribution is 7.89. The molecular formula is C22H23N7O3S. The highest BCUT2D eigenvalue weighted by atomic mass is 32.2. The van der Waals surface area contributed by atoms with Gasteiger partial charge in [0.2, 0.25) is 10.0 Å². The minimum Gasteiger partial charge on any atom is -0.345 e. The van der Waals surface area contributed by atoms with Crippen molar-refractivity contribution >= 4 is 27.0 Å². The minimum absolute atomic E-state index is 0.171. The van der Waals surface area contributed by atoms with E-state index < -0.39 is 10.0 Å².